The van der Waals surface area contributed by atoms with Crippen molar-refractivity contribution in [1.82, 2.24) is 4.98 Å². The summed E-state index contributed by atoms with van der Waals surface area (Å²) in [6.07, 6.45) is 1.92. The summed E-state index contributed by atoms with van der Waals surface area (Å²) in [7, 11) is -3.36. The molecule has 5 nitrogen and oxygen atoms in total. The molecule has 1 aromatic carbocycles. The molecule has 0 fully saturated rings. The Kier molecular flexibility index (Phi) is 4.51. The minimum absolute atomic E-state index is 0.00120. The van der Waals surface area contributed by atoms with Crippen molar-refractivity contribution in [1.29, 1.82) is 0 Å². The summed E-state index contributed by atoms with van der Waals surface area (Å²) in [5, 5.41) is 11.3. The van der Waals surface area contributed by atoms with Crippen LogP contribution in [-0.4, -0.2) is 30.2 Å². The van der Waals surface area contributed by atoms with E-state index < -0.39 is 15.8 Å². The molecule has 0 amide bonds. The summed E-state index contributed by atoms with van der Waals surface area (Å²) in [4.78, 5) is 14.8. The van der Waals surface area contributed by atoms with Crippen LogP contribution in [0, 0.1) is 0 Å². The van der Waals surface area contributed by atoms with Crippen molar-refractivity contribution in [3.05, 3.63) is 46.4 Å². The van der Waals surface area contributed by atoms with Gasteiger partial charge < -0.3 is 5.11 Å². The highest BCUT2D eigenvalue weighted by Gasteiger charge is 2.15. The van der Waals surface area contributed by atoms with E-state index in [4.69, 9.17) is 5.11 Å². The Labute approximate surface area is 120 Å². The number of carboxylic acid groups (broad SMARTS) is 1. The molecular weight excluding hydrogens is 298 g/mol. The van der Waals surface area contributed by atoms with E-state index in [2.05, 4.69) is 4.98 Å². The molecule has 106 valence electrons. The lowest BCUT2D eigenvalue weighted by molar-refractivity contribution is -0.136. The molecule has 0 atom stereocenters. The molecular formula is C13H13NO4S2. The van der Waals surface area contributed by atoms with Gasteiger partial charge in [-0.15, -0.1) is 11.3 Å². The van der Waals surface area contributed by atoms with Crippen molar-refractivity contribution in [2.45, 2.75) is 17.7 Å². The number of carbonyl (C=O) groups is 1. The zero-order chi connectivity index (χ0) is 14.6. The molecule has 2 rings (SSSR count). The predicted octanol–water partition coefficient (Wildman–Crippen LogP) is 1.79. The summed E-state index contributed by atoms with van der Waals surface area (Å²) < 4.78 is 24.2. The van der Waals surface area contributed by atoms with Gasteiger partial charge in [-0.05, 0) is 17.7 Å². The van der Waals surface area contributed by atoms with Crippen LogP contribution in [0.25, 0.3) is 0 Å². The van der Waals surface area contributed by atoms with Gasteiger partial charge in [-0.1, -0.05) is 12.1 Å². The molecule has 0 unspecified atom stereocenters. The number of hydrogen-bond donors (Lipinski definition) is 1. The Balaban J connectivity index is 2.07. The number of aryl methyl sites for hydroxylation is 1. The van der Waals surface area contributed by atoms with E-state index in [0.717, 1.165) is 5.01 Å². The fraction of sp³-hybridized carbons (Fsp3) is 0.231. The first-order valence-electron chi connectivity index (χ1n) is 5.89. The summed E-state index contributed by atoms with van der Waals surface area (Å²) in [6, 6.07) is 5.97. The Morgan fingerprint density at radius 3 is 2.50 bits per heavy atom. The predicted molar refractivity (Wildman–Crippen MR) is 75.7 cm³/mol. The molecule has 0 saturated carbocycles. The van der Waals surface area contributed by atoms with Gasteiger partial charge in [-0.3, -0.25) is 4.79 Å². The van der Waals surface area contributed by atoms with Crippen molar-refractivity contribution in [3.8, 4) is 0 Å². The van der Waals surface area contributed by atoms with Gasteiger partial charge in [0.25, 0.3) is 0 Å². The number of benzene rings is 1. The molecule has 0 bridgehead atoms. The second kappa shape index (κ2) is 6.15. The van der Waals surface area contributed by atoms with Crippen LogP contribution in [0.5, 0.6) is 0 Å². The lowest BCUT2D eigenvalue weighted by Crippen LogP contribution is -2.09. The van der Waals surface area contributed by atoms with E-state index in [0.29, 0.717) is 12.0 Å². The maximum Gasteiger partial charge on any atom is 0.307 e. The topological polar surface area (TPSA) is 84.3 Å². The SMILES string of the molecule is O=C(O)Cc1ccc(S(=O)(=O)CCc2nccs2)cc1. The first kappa shape index (κ1) is 14.7. The number of sulfone groups is 1. The standard InChI is InChI=1S/C13H13NO4S2/c15-13(16)9-10-1-3-11(4-2-10)20(17,18)8-5-12-14-6-7-19-12/h1-4,6-7H,5,8-9H2,(H,15,16). The quantitative estimate of drug-likeness (QED) is 0.879. The normalized spacial score (nSPS) is 11.4. The van der Waals surface area contributed by atoms with Crippen LogP contribution < -0.4 is 0 Å². The average molecular weight is 311 g/mol. The van der Waals surface area contributed by atoms with E-state index in [1.165, 1.54) is 35.6 Å². The molecule has 2 aromatic rings. The smallest absolute Gasteiger partial charge is 0.307 e. The Hall–Kier alpha value is -1.73. The van der Waals surface area contributed by atoms with Crippen LogP contribution in [0.3, 0.4) is 0 Å². The molecule has 0 aliphatic carbocycles. The Morgan fingerprint density at radius 2 is 1.95 bits per heavy atom. The molecule has 1 aromatic heterocycles. The van der Waals surface area contributed by atoms with Crippen LogP contribution in [-0.2, 0) is 27.5 Å². The highest BCUT2D eigenvalue weighted by Crippen LogP contribution is 2.15. The van der Waals surface area contributed by atoms with Crippen molar-refractivity contribution >= 4 is 27.1 Å². The lowest BCUT2D eigenvalue weighted by atomic mass is 10.2. The highest BCUT2D eigenvalue weighted by atomic mass is 32.2. The van der Waals surface area contributed by atoms with E-state index >= 15 is 0 Å². The molecule has 7 heteroatoms. The van der Waals surface area contributed by atoms with Crippen LogP contribution in [0.2, 0.25) is 0 Å². The second-order valence-corrected chi connectivity index (χ2v) is 7.30. The van der Waals surface area contributed by atoms with Gasteiger partial charge in [0.1, 0.15) is 0 Å². The number of carboxylic acids is 1. The monoisotopic (exact) mass is 311 g/mol. The molecule has 0 aliphatic heterocycles. The summed E-state index contributed by atoms with van der Waals surface area (Å²) in [6.45, 7) is 0. The van der Waals surface area contributed by atoms with Crippen LogP contribution in [0.15, 0.2) is 40.7 Å². The van der Waals surface area contributed by atoms with Gasteiger partial charge in [-0.25, -0.2) is 13.4 Å². The maximum atomic E-state index is 12.1. The van der Waals surface area contributed by atoms with Gasteiger partial charge >= 0.3 is 5.97 Å². The van der Waals surface area contributed by atoms with Crippen LogP contribution >= 0.6 is 11.3 Å². The number of aromatic nitrogens is 1. The number of hydrogen-bond acceptors (Lipinski definition) is 5. The van der Waals surface area contributed by atoms with Gasteiger partial charge in [0, 0.05) is 18.0 Å². The second-order valence-electron chi connectivity index (χ2n) is 4.21. The molecule has 1 N–H and O–H groups in total. The number of rotatable bonds is 6. The van der Waals surface area contributed by atoms with E-state index in [1.807, 2.05) is 5.38 Å². The van der Waals surface area contributed by atoms with Crippen LogP contribution in [0.4, 0.5) is 0 Å². The largest absolute Gasteiger partial charge is 0.481 e. The van der Waals surface area contributed by atoms with Crippen molar-refractivity contribution in [3.63, 3.8) is 0 Å². The Morgan fingerprint density at radius 1 is 1.25 bits per heavy atom. The molecule has 0 spiro atoms. The summed E-state index contributed by atoms with van der Waals surface area (Å²) in [5.74, 6) is -0.942. The number of thiazole rings is 1. The fourth-order valence-electron chi connectivity index (χ4n) is 1.71. The number of nitrogens with zero attached hydrogens (tertiary/aromatic N) is 1. The zero-order valence-corrected chi connectivity index (χ0v) is 12.2. The van der Waals surface area contributed by atoms with E-state index in [1.54, 1.807) is 6.20 Å². The highest BCUT2D eigenvalue weighted by molar-refractivity contribution is 7.91. The zero-order valence-electron chi connectivity index (χ0n) is 10.5. The minimum Gasteiger partial charge on any atom is -0.481 e. The third kappa shape index (κ3) is 3.88. The molecule has 0 radical (unpaired) electrons. The van der Waals surface area contributed by atoms with Gasteiger partial charge in [0.05, 0.1) is 22.1 Å². The lowest BCUT2D eigenvalue weighted by Gasteiger charge is -2.04. The summed E-state index contributed by atoms with van der Waals surface area (Å²) >= 11 is 1.43. The average Bonchev–Trinajstić information content (AvgIpc) is 2.89. The fourth-order valence-corrected chi connectivity index (χ4v) is 3.70. The third-order valence-corrected chi connectivity index (χ3v) is 5.28. The maximum absolute atomic E-state index is 12.1. The minimum atomic E-state index is -3.36. The summed E-state index contributed by atoms with van der Waals surface area (Å²) in [5.41, 5.74) is 0.580. The van der Waals surface area contributed by atoms with Crippen molar-refractivity contribution in [2.24, 2.45) is 0 Å². The molecule has 1 heterocycles. The van der Waals surface area contributed by atoms with E-state index in [9.17, 15) is 13.2 Å². The third-order valence-electron chi connectivity index (χ3n) is 2.71. The number of aliphatic carboxylic acids is 1. The first-order chi connectivity index (χ1) is 9.47. The molecule has 0 saturated heterocycles. The van der Waals surface area contributed by atoms with Crippen LogP contribution in [0.1, 0.15) is 10.6 Å². The van der Waals surface area contributed by atoms with Crippen molar-refractivity contribution < 1.29 is 18.3 Å². The van der Waals surface area contributed by atoms with E-state index in [-0.39, 0.29) is 17.1 Å². The van der Waals surface area contributed by atoms with Gasteiger partial charge in [0.15, 0.2) is 9.84 Å². The van der Waals surface area contributed by atoms with Crippen molar-refractivity contribution in [2.75, 3.05) is 5.75 Å². The van der Waals surface area contributed by atoms with Gasteiger partial charge in [0.2, 0.25) is 0 Å². The van der Waals surface area contributed by atoms with Gasteiger partial charge in [-0.2, -0.15) is 0 Å². The molecule has 0 aliphatic rings. The molecule has 20 heavy (non-hydrogen) atoms. The Bertz CT molecular complexity index is 676. The first-order valence-corrected chi connectivity index (χ1v) is 8.42.